The Kier molecular flexibility index (Phi) is 3.57. The van der Waals surface area contributed by atoms with Crippen LogP contribution in [0.2, 0.25) is 0 Å². The molecule has 2 aromatic rings. The summed E-state index contributed by atoms with van der Waals surface area (Å²) in [6, 6.07) is 4.80. The van der Waals surface area contributed by atoms with Crippen LogP contribution in [0.15, 0.2) is 27.8 Å². The number of benzene rings is 1. The van der Waals surface area contributed by atoms with E-state index in [9.17, 15) is 14.4 Å². The van der Waals surface area contributed by atoms with Gasteiger partial charge in [0.15, 0.2) is 0 Å². The second kappa shape index (κ2) is 5.53. The first-order chi connectivity index (χ1) is 10.1. The monoisotopic (exact) mass is 288 g/mol. The zero-order valence-electron chi connectivity index (χ0n) is 11.4. The van der Waals surface area contributed by atoms with E-state index in [0.717, 1.165) is 25.8 Å². The second-order valence-electron chi connectivity index (χ2n) is 5.16. The lowest BCUT2D eigenvalue weighted by molar-refractivity contribution is -0.118. The number of carbonyl (C=O) groups excluding carboxylic acids is 1. The van der Waals surface area contributed by atoms with Crippen LogP contribution in [0.25, 0.3) is 11.0 Å². The third-order valence-electron chi connectivity index (χ3n) is 3.62. The van der Waals surface area contributed by atoms with Crippen molar-refractivity contribution in [1.29, 1.82) is 0 Å². The lowest BCUT2D eigenvalue weighted by atomic mass is 10.0. The maximum absolute atomic E-state index is 12.1. The molecule has 1 saturated heterocycles. The van der Waals surface area contributed by atoms with Crippen LogP contribution in [0, 0.1) is 0 Å². The number of amides is 1. The quantitative estimate of drug-likeness (QED) is 0.596. The molecule has 7 nitrogen and oxygen atoms in total. The van der Waals surface area contributed by atoms with Crippen molar-refractivity contribution in [2.24, 2.45) is 0 Å². The van der Waals surface area contributed by atoms with E-state index in [4.69, 9.17) is 0 Å². The van der Waals surface area contributed by atoms with Crippen LogP contribution in [-0.2, 0) is 4.79 Å². The van der Waals surface area contributed by atoms with Crippen LogP contribution in [0.1, 0.15) is 19.3 Å². The maximum Gasteiger partial charge on any atom is 0.314 e. The van der Waals surface area contributed by atoms with E-state index in [0.29, 0.717) is 16.7 Å². The van der Waals surface area contributed by atoms with E-state index in [-0.39, 0.29) is 11.9 Å². The number of aromatic amines is 2. The van der Waals surface area contributed by atoms with Crippen LogP contribution >= 0.6 is 0 Å². The van der Waals surface area contributed by atoms with Crippen molar-refractivity contribution < 1.29 is 4.79 Å². The summed E-state index contributed by atoms with van der Waals surface area (Å²) in [6.45, 7) is 0.852. The molecule has 1 amide bonds. The molecule has 0 bridgehead atoms. The van der Waals surface area contributed by atoms with Gasteiger partial charge in [-0.15, -0.1) is 0 Å². The van der Waals surface area contributed by atoms with Gasteiger partial charge in [0, 0.05) is 5.69 Å². The van der Waals surface area contributed by atoms with Gasteiger partial charge in [0.25, 0.3) is 0 Å². The van der Waals surface area contributed by atoms with Gasteiger partial charge in [0.1, 0.15) is 0 Å². The second-order valence-corrected chi connectivity index (χ2v) is 5.16. The smallest absolute Gasteiger partial charge is 0.314 e. The molecule has 2 heterocycles. The van der Waals surface area contributed by atoms with Crippen LogP contribution in [0.3, 0.4) is 0 Å². The third kappa shape index (κ3) is 2.87. The number of H-pyrrole nitrogens is 2. The normalized spacial score (nSPS) is 18.6. The molecule has 4 N–H and O–H groups in total. The number of piperidine rings is 1. The Labute approximate surface area is 119 Å². The van der Waals surface area contributed by atoms with Gasteiger partial charge < -0.3 is 20.6 Å². The summed E-state index contributed by atoms with van der Waals surface area (Å²) in [5.74, 6) is -0.0826. The standard InChI is InChI=1S/C14H16N4O3/c19-12(10-3-1-2-6-15-10)16-8-4-5-9-11(7-8)18-14(21)13(20)17-9/h4-5,7,10,15H,1-3,6H2,(H,16,19)(H,17,20)(H,18,21)/t10-/m0/s1. The van der Waals surface area contributed by atoms with E-state index in [1.807, 2.05) is 0 Å². The third-order valence-corrected chi connectivity index (χ3v) is 3.62. The highest BCUT2D eigenvalue weighted by Gasteiger charge is 2.20. The first-order valence-corrected chi connectivity index (χ1v) is 6.94. The SMILES string of the molecule is O=C(Nc1ccc2[nH]c(=O)c(=O)[nH]c2c1)[C@@H]1CCCCN1. The molecular formula is C14H16N4O3. The topological polar surface area (TPSA) is 107 Å². The van der Waals surface area contributed by atoms with Crippen molar-refractivity contribution in [3.63, 3.8) is 0 Å². The zero-order valence-corrected chi connectivity index (χ0v) is 11.4. The summed E-state index contributed by atoms with van der Waals surface area (Å²) < 4.78 is 0. The fourth-order valence-electron chi connectivity index (χ4n) is 2.50. The number of hydrogen-bond acceptors (Lipinski definition) is 4. The number of fused-ring (bicyclic) bond motifs is 1. The predicted octanol–water partition coefficient (Wildman–Crippen LogP) is 0.297. The summed E-state index contributed by atoms with van der Waals surface area (Å²) in [4.78, 5) is 39.6. The molecule has 0 saturated carbocycles. The number of anilines is 1. The van der Waals surface area contributed by atoms with Crippen molar-refractivity contribution in [2.75, 3.05) is 11.9 Å². The van der Waals surface area contributed by atoms with E-state index >= 15 is 0 Å². The van der Waals surface area contributed by atoms with Gasteiger partial charge in [0.05, 0.1) is 17.1 Å². The van der Waals surface area contributed by atoms with Gasteiger partial charge in [-0.2, -0.15) is 0 Å². The average Bonchev–Trinajstić information content (AvgIpc) is 2.49. The maximum atomic E-state index is 12.1. The molecule has 0 aliphatic carbocycles. The molecule has 1 aliphatic heterocycles. The first kappa shape index (κ1) is 13.6. The highest BCUT2D eigenvalue weighted by molar-refractivity contribution is 5.96. The van der Waals surface area contributed by atoms with Gasteiger partial charge >= 0.3 is 11.1 Å². The number of rotatable bonds is 2. The molecule has 1 aromatic heterocycles. The molecule has 1 aromatic carbocycles. The Balaban J connectivity index is 1.84. The Hall–Kier alpha value is -2.41. The number of carbonyl (C=O) groups is 1. The van der Waals surface area contributed by atoms with Gasteiger partial charge in [0.2, 0.25) is 5.91 Å². The molecular weight excluding hydrogens is 272 g/mol. The van der Waals surface area contributed by atoms with Crippen LogP contribution in [0.5, 0.6) is 0 Å². The summed E-state index contributed by atoms with van der Waals surface area (Å²) in [5.41, 5.74) is 0.190. The molecule has 3 rings (SSSR count). The van der Waals surface area contributed by atoms with Gasteiger partial charge in [-0.25, -0.2) is 0 Å². The summed E-state index contributed by atoms with van der Waals surface area (Å²) in [5, 5.41) is 6.00. The van der Waals surface area contributed by atoms with E-state index in [1.165, 1.54) is 0 Å². The molecule has 7 heteroatoms. The van der Waals surface area contributed by atoms with Crippen LogP contribution in [0.4, 0.5) is 5.69 Å². The van der Waals surface area contributed by atoms with E-state index in [1.54, 1.807) is 18.2 Å². The van der Waals surface area contributed by atoms with E-state index in [2.05, 4.69) is 20.6 Å². The molecule has 0 radical (unpaired) electrons. The van der Waals surface area contributed by atoms with Crippen molar-refractivity contribution >= 4 is 22.6 Å². The highest BCUT2D eigenvalue weighted by Crippen LogP contribution is 2.15. The number of nitrogens with one attached hydrogen (secondary N) is 4. The first-order valence-electron chi connectivity index (χ1n) is 6.94. The Morgan fingerprint density at radius 3 is 2.57 bits per heavy atom. The molecule has 0 unspecified atom stereocenters. The zero-order chi connectivity index (χ0) is 14.8. The van der Waals surface area contributed by atoms with Gasteiger partial charge in [-0.1, -0.05) is 6.42 Å². The summed E-state index contributed by atoms with van der Waals surface area (Å²) in [7, 11) is 0. The molecule has 1 atom stereocenters. The lowest BCUT2D eigenvalue weighted by Crippen LogP contribution is -2.43. The number of aromatic nitrogens is 2. The Bertz CT molecular complexity index is 787. The Morgan fingerprint density at radius 2 is 1.86 bits per heavy atom. The van der Waals surface area contributed by atoms with Crippen LogP contribution in [-0.4, -0.2) is 28.5 Å². The van der Waals surface area contributed by atoms with Crippen LogP contribution < -0.4 is 21.8 Å². The minimum Gasteiger partial charge on any atom is -0.325 e. The van der Waals surface area contributed by atoms with E-state index < -0.39 is 11.1 Å². The molecule has 110 valence electrons. The molecule has 1 aliphatic rings. The predicted molar refractivity (Wildman–Crippen MR) is 79.5 cm³/mol. The number of hydrogen-bond donors (Lipinski definition) is 4. The minimum atomic E-state index is -0.708. The van der Waals surface area contributed by atoms with Gasteiger partial charge in [-0.3, -0.25) is 14.4 Å². The van der Waals surface area contributed by atoms with Crippen molar-refractivity contribution in [2.45, 2.75) is 25.3 Å². The lowest BCUT2D eigenvalue weighted by Gasteiger charge is -2.22. The Morgan fingerprint density at radius 1 is 1.10 bits per heavy atom. The van der Waals surface area contributed by atoms with Crippen molar-refractivity contribution in [3.8, 4) is 0 Å². The van der Waals surface area contributed by atoms with Crippen molar-refractivity contribution in [3.05, 3.63) is 38.9 Å². The van der Waals surface area contributed by atoms with Crippen molar-refractivity contribution in [1.82, 2.24) is 15.3 Å². The largest absolute Gasteiger partial charge is 0.325 e. The molecule has 1 fully saturated rings. The highest BCUT2D eigenvalue weighted by atomic mass is 16.2. The van der Waals surface area contributed by atoms with Gasteiger partial charge in [-0.05, 0) is 37.6 Å². The fourth-order valence-corrected chi connectivity index (χ4v) is 2.50. The average molecular weight is 288 g/mol. The summed E-state index contributed by atoms with van der Waals surface area (Å²) in [6.07, 6.45) is 2.95. The fraction of sp³-hybridized carbons (Fsp3) is 0.357. The summed E-state index contributed by atoms with van der Waals surface area (Å²) >= 11 is 0. The minimum absolute atomic E-state index is 0.0826. The molecule has 0 spiro atoms. The molecule has 21 heavy (non-hydrogen) atoms.